The second kappa shape index (κ2) is 7.92. The summed E-state index contributed by atoms with van der Waals surface area (Å²) in [6.45, 7) is 1.93. The zero-order chi connectivity index (χ0) is 16.9. The number of carbonyl (C=O) groups is 1. The molecule has 0 aliphatic rings. The fourth-order valence-corrected chi connectivity index (χ4v) is 3.81. The number of sulfonamides is 1. The lowest BCUT2D eigenvalue weighted by Crippen LogP contribution is -2.31. The number of amides is 1. The van der Waals surface area contributed by atoms with E-state index in [1.54, 1.807) is 11.3 Å². The second-order valence-corrected chi connectivity index (χ2v) is 8.09. The Morgan fingerprint density at radius 2 is 1.96 bits per heavy atom. The molecule has 1 unspecified atom stereocenters. The van der Waals surface area contributed by atoms with Gasteiger partial charge in [0.1, 0.15) is 0 Å². The van der Waals surface area contributed by atoms with E-state index >= 15 is 0 Å². The normalized spacial score (nSPS) is 12.8. The number of halogens is 1. The van der Waals surface area contributed by atoms with Gasteiger partial charge >= 0.3 is 0 Å². The fraction of sp³-hybridized carbons (Fsp3) is 0.267. The van der Waals surface area contributed by atoms with E-state index in [2.05, 4.69) is 10.0 Å². The van der Waals surface area contributed by atoms with E-state index in [-0.39, 0.29) is 29.8 Å². The van der Waals surface area contributed by atoms with Gasteiger partial charge in [0, 0.05) is 22.9 Å². The van der Waals surface area contributed by atoms with E-state index < -0.39 is 10.0 Å². The Balaban J connectivity index is 1.82. The van der Waals surface area contributed by atoms with Crippen LogP contribution in [0.2, 0.25) is 5.02 Å². The molecular weight excluding hydrogens is 356 g/mol. The van der Waals surface area contributed by atoms with Crippen molar-refractivity contribution >= 4 is 38.9 Å². The minimum atomic E-state index is -3.63. The second-order valence-electron chi connectivity index (χ2n) is 4.91. The summed E-state index contributed by atoms with van der Waals surface area (Å²) in [5.41, 5.74) is 0. The first-order valence-corrected chi connectivity index (χ1v) is 9.70. The Labute approximate surface area is 144 Å². The fourth-order valence-electron chi connectivity index (χ4n) is 1.92. The van der Waals surface area contributed by atoms with Crippen molar-refractivity contribution in [2.75, 3.05) is 6.54 Å². The van der Waals surface area contributed by atoms with E-state index in [4.69, 9.17) is 11.6 Å². The zero-order valence-corrected chi connectivity index (χ0v) is 14.8. The Morgan fingerprint density at radius 1 is 1.26 bits per heavy atom. The summed E-state index contributed by atoms with van der Waals surface area (Å²) in [6, 6.07) is 9.63. The lowest BCUT2D eigenvalue weighted by Gasteiger charge is -2.12. The molecule has 1 amide bonds. The molecule has 0 saturated heterocycles. The zero-order valence-electron chi connectivity index (χ0n) is 12.5. The number of carbonyl (C=O) groups excluding carboxylic acids is 1. The van der Waals surface area contributed by atoms with Crippen LogP contribution in [0.4, 0.5) is 0 Å². The summed E-state index contributed by atoms with van der Waals surface area (Å²) in [6.07, 6.45) is 0.0720. The molecule has 124 valence electrons. The lowest BCUT2D eigenvalue weighted by molar-refractivity contribution is -0.121. The first-order valence-electron chi connectivity index (χ1n) is 6.96. The molecule has 0 bridgehead atoms. The lowest BCUT2D eigenvalue weighted by atomic mass is 10.2. The van der Waals surface area contributed by atoms with Crippen LogP contribution in [-0.2, 0) is 14.8 Å². The largest absolute Gasteiger partial charge is 0.349 e. The molecule has 5 nitrogen and oxygen atoms in total. The molecule has 0 spiro atoms. The van der Waals surface area contributed by atoms with E-state index in [0.717, 1.165) is 4.88 Å². The van der Waals surface area contributed by atoms with Crippen LogP contribution in [0.5, 0.6) is 0 Å². The summed E-state index contributed by atoms with van der Waals surface area (Å²) in [5.74, 6) is -0.204. The van der Waals surface area contributed by atoms with E-state index in [1.165, 1.54) is 24.3 Å². The molecule has 0 radical (unpaired) electrons. The highest BCUT2D eigenvalue weighted by Crippen LogP contribution is 2.18. The average Bonchev–Trinajstić information content (AvgIpc) is 3.01. The summed E-state index contributed by atoms with van der Waals surface area (Å²) < 4.78 is 26.5. The van der Waals surface area contributed by atoms with Crippen LogP contribution in [0, 0.1) is 0 Å². The third-order valence-corrected chi connectivity index (χ3v) is 5.90. The van der Waals surface area contributed by atoms with Gasteiger partial charge in [0.25, 0.3) is 0 Å². The number of rotatable bonds is 7. The molecule has 8 heteroatoms. The maximum atomic E-state index is 12.0. The number of benzene rings is 1. The number of thiophene rings is 1. The molecule has 1 aromatic heterocycles. The SMILES string of the molecule is CC(NC(=O)CCNS(=O)(=O)c1ccc(Cl)cc1)c1cccs1. The van der Waals surface area contributed by atoms with E-state index in [1.807, 2.05) is 24.4 Å². The highest BCUT2D eigenvalue weighted by Gasteiger charge is 2.15. The molecule has 1 aromatic carbocycles. The summed E-state index contributed by atoms with van der Waals surface area (Å²) >= 11 is 7.29. The van der Waals surface area contributed by atoms with Crippen molar-refractivity contribution in [1.82, 2.24) is 10.0 Å². The van der Waals surface area contributed by atoms with Crippen LogP contribution in [0.3, 0.4) is 0 Å². The first-order chi connectivity index (χ1) is 10.9. The maximum Gasteiger partial charge on any atom is 0.240 e. The highest BCUT2D eigenvalue weighted by atomic mass is 35.5. The predicted molar refractivity (Wildman–Crippen MR) is 92.1 cm³/mol. The standard InChI is InChI=1S/C15H17ClN2O3S2/c1-11(14-3-2-10-22-14)18-15(19)8-9-17-23(20,21)13-6-4-12(16)5-7-13/h2-7,10-11,17H,8-9H2,1H3,(H,18,19). The van der Waals surface area contributed by atoms with Gasteiger partial charge in [-0.05, 0) is 42.6 Å². The van der Waals surface area contributed by atoms with E-state index in [9.17, 15) is 13.2 Å². The Hall–Kier alpha value is -1.41. The molecule has 0 fully saturated rings. The Morgan fingerprint density at radius 3 is 2.57 bits per heavy atom. The Kier molecular flexibility index (Phi) is 6.17. The van der Waals surface area contributed by atoms with Crippen LogP contribution in [-0.4, -0.2) is 20.9 Å². The number of nitrogens with one attached hydrogen (secondary N) is 2. The molecular formula is C15H17ClN2O3S2. The molecule has 1 heterocycles. The highest BCUT2D eigenvalue weighted by molar-refractivity contribution is 7.89. The van der Waals surface area contributed by atoms with E-state index in [0.29, 0.717) is 5.02 Å². The average molecular weight is 373 g/mol. The molecule has 1 atom stereocenters. The van der Waals surface area contributed by atoms with Gasteiger partial charge in [-0.15, -0.1) is 11.3 Å². The third-order valence-electron chi connectivity index (χ3n) is 3.12. The van der Waals surface area contributed by atoms with Crippen LogP contribution >= 0.6 is 22.9 Å². The van der Waals surface area contributed by atoms with Gasteiger partial charge in [-0.2, -0.15) is 0 Å². The van der Waals surface area contributed by atoms with Gasteiger partial charge in [0.2, 0.25) is 15.9 Å². The predicted octanol–water partition coefficient (Wildman–Crippen LogP) is 2.95. The summed E-state index contributed by atoms with van der Waals surface area (Å²) in [7, 11) is -3.63. The number of hydrogen-bond donors (Lipinski definition) is 2. The van der Waals surface area contributed by atoms with Crippen molar-refractivity contribution in [3.05, 3.63) is 51.7 Å². The Bertz CT molecular complexity index is 744. The van der Waals surface area contributed by atoms with Crippen molar-refractivity contribution in [3.63, 3.8) is 0 Å². The van der Waals surface area contributed by atoms with Gasteiger partial charge in [-0.1, -0.05) is 17.7 Å². The molecule has 0 aliphatic heterocycles. The van der Waals surface area contributed by atoms with Crippen LogP contribution in [0.1, 0.15) is 24.3 Å². The minimum absolute atomic E-state index is 0.0357. The molecule has 0 aliphatic carbocycles. The smallest absolute Gasteiger partial charge is 0.240 e. The van der Waals surface area contributed by atoms with Crippen LogP contribution < -0.4 is 10.0 Å². The summed E-state index contributed by atoms with van der Waals surface area (Å²) in [5, 5.41) is 5.24. The molecule has 2 rings (SSSR count). The quantitative estimate of drug-likeness (QED) is 0.784. The van der Waals surface area contributed by atoms with Gasteiger partial charge in [0.15, 0.2) is 0 Å². The molecule has 2 aromatic rings. The van der Waals surface area contributed by atoms with Crippen molar-refractivity contribution in [1.29, 1.82) is 0 Å². The topological polar surface area (TPSA) is 75.3 Å². The number of hydrogen-bond acceptors (Lipinski definition) is 4. The van der Waals surface area contributed by atoms with Gasteiger partial charge in [-0.3, -0.25) is 4.79 Å². The molecule has 0 saturated carbocycles. The van der Waals surface area contributed by atoms with Crippen LogP contribution in [0.15, 0.2) is 46.7 Å². The van der Waals surface area contributed by atoms with Gasteiger partial charge < -0.3 is 5.32 Å². The van der Waals surface area contributed by atoms with Gasteiger partial charge in [0.05, 0.1) is 10.9 Å². The van der Waals surface area contributed by atoms with Crippen molar-refractivity contribution in [2.45, 2.75) is 24.3 Å². The summed E-state index contributed by atoms with van der Waals surface area (Å²) in [4.78, 5) is 13.0. The maximum absolute atomic E-state index is 12.0. The minimum Gasteiger partial charge on any atom is -0.349 e. The molecule has 23 heavy (non-hydrogen) atoms. The third kappa shape index (κ3) is 5.31. The van der Waals surface area contributed by atoms with Crippen molar-refractivity contribution in [3.8, 4) is 0 Å². The van der Waals surface area contributed by atoms with Crippen molar-refractivity contribution in [2.24, 2.45) is 0 Å². The monoisotopic (exact) mass is 372 g/mol. The van der Waals surface area contributed by atoms with Gasteiger partial charge in [-0.25, -0.2) is 13.1 Å². The van der Waals surface area contributed by atoms with Crippen molar-refractivity contribution < 1.29 is 13.2 Å². The first kappa shape index (κ1) is 17.9. The van der Waals surface area contributed by atoms with Crippen LogP contribution in [0.25, 0.3) is 0 Å². The molecule has 2 N–H and O–H groups in total.